The van der Waals surface area contributed by atoms with Gasteiger partial charge in [-0.2, -0.15) is 0 Å². The van der Waals surface area contributed by atoms with E-state index in [-0.39, 0.29) is 10.4 Å². The van der Waals surface area contributed by atoms with Gasteiger partial charge in [-0.1, -0.05) is 45.6 Å². The van der Waals surface area contributed by atoms with Gasteiger partial charge in [0, 0.05) is 16.9 Å². The number of halogens is 3. The van der Waals surface area contributed by atoms with Gasteiger partial charge in [0.2, 0.25) is 0 Å². The monoisotopic (exact) mass is 379 g/mol. The first kappa shape index (κ1) is 15.6. The van der Waals surface area contributed by atoms with E-state index >= 15 is 0 Å². The second-order valence-electron chi connectivity index (χ2n) is 4.34. The maximum Gasteiger partial charge on any atom is 0.422 e. The minimum absolute atomic E-state index is 0.190. The van der Waals surface area contributed by atoms with Gasteiger partial charge in [-0.3, -0.25) is 4.57 Å². The Morgan fingerprint density at radius 3 is 2.60 bits per heavy atom. The first-order chi connectivity index (χ1) is 9.54. The molecule has 2 aromatic rings. The molecule has 0 aliphatic rings. The van der Waals surface area contributed by atoms with E-state index in [9.17, 15) is 9.59 Å². The van der Waals surface area contributed by atoms with E-state index in [2.05, 4.69) is 15.9 Å². The van der Waals surface area contributed by atoms with Crippen molar-refractivity contribution in [3.8, 4) is 0 Å². The lowest BCUT2D eigenvalue weighted by Crippen LogP contribution is -2.25. The molecule has 0 bridgehead atoms. The Labute approximate surface area is 133 Å². The third-order valence-corrected chi connectivity index (χ3v) is 4.02. The molecule has 0 N–H and O–H groups in total. The van der Waals surface area contributed by atoms with Crippen LogP contribution >= 0.6 is 39.1 Å². The maximum absolute atomic E-state index is 11.8. The summed E-state index contributed by atoms with van der Waals surface area (Å²) in [5, 5.41) is 1.68. The van der Waals surface area contributed by atoms with Crippen LogP contribution in [0.1, 0.15) is 19.3 Å². The van der Waals surface area contributed by atoms with E-state index in [1.54, 1.807) is 6.07 Å². The topological polar surface area (TPSA) is 52.2 Å². The lowest BCUT2D eigenvalue weighted by molar-refractivity contribution is 0.410. The zero-order valence-corrected chi connectivity index (χ0v) is 13.6. The first-order valence-corrected chi connectivity index (χ1v) is 8.01. The number of alkyl halides is 1. The third-order valence-electron chi connectivity index (χ3n) is 2.94. The second-order valence-corrected chi connectivity index (χ2v) is 5.98. The molecule has 20 heavy (non-hydrogen) atoms. The molecule has 2 rings (SSSR count). The van der Waals surface area contributed by atoms with Gasteiger partial charge in [-0.25, -0.2) is 9.59 Å². The molecule has 108 valence electrons. The highest BCUT2D eigenvalue weighted by Gasteiger charge is 2.13. The number of hydrogen-bond acceptors (Lipinski definition) is 3. The van der Waals surface area contributed by atoms with E-state index in [4.69, 9.17) is 27.6 Å². The Morgan fingerprint density at radius 1 is 1.15 bits per heavy atom. The molecule has 1 aromatic carbocycles. The van der Waals surface area contributed by atoms with E-state index in [0.29, 0.717) is 17.1 Å². The molecule has 0 aliphatic heterocycles. The lowest BCUT2D eigenvalue weighted by atomic mass is 10.2. The van der Waals surface area contributed by atoms with Gasteiger partial charge >= 0.3 is 11.4 Å². The van der Waals surface area contributed by atoms with Crippen LogP contribution in [0.2, 0.25) is 10.0 Å². The molecule has 1 aromatic heterocycles. The Morgan fingerprint density at radius 2 is 1.90 bits per heavy atom. The maximum atomic E-state index is 11.8. The van der Waals surface area contributed by atoms with E-state index < -0.39 is 11.4 Å². The van der Waals surface area contributed by atoms with Crippen molar-refractivity contribution < 1.29 is 4.42 Å². The van der Waals surface area contributed by atoms with E-state index in [0.717, 1.165) is 24.6 Å². The van der Waals surface area contributed by atoms with Crippen LogP contribution in [-0.4, -0.2) is 9.90 Å². The van der Waals surface area contributed by atoms with Gasteiger partial charge in [0.25, 0.3) is 0 Å². The summed E-state index contributed by atoms with van der Waals surface area (Å²) in [5.41, 5.74) is -0.314. The Hall–Kier alpha value is -0.780. The quantitative estimate of drug-likeness (QED) is 0.585. The smallest absolute Gasteiger partial charge is 0.372 e. The molecular weight excluding hydrogens is 369 g/mol. The summed E-state index contributed by atoms with van der Waals surface area (Å²) in [4.78, 5) is 23.6. The molecule has 0 unspecified atom stereocenters. The summed E-state index contributed by atoms with van der Waals surface area (Å²) in [6, 6.07) is 3.02. The molecule has 0 spiro atoms. The fourth-order valence-electron chi connectivity index (χ4n) is 2.01. The van der Waals surface area contributed by atoms with E-state index in [1.165, 1.54) is 10.6 Å². The van der Waals surface area contributed by atoms with Crippen molar-refractivity contribution in [3.63, 3.8) is 0 Å². The summed E-state index contributed by atoms with van der Waals surface area (Å²) in [7, 11) is 0. The van der Waals surface area contributed by atoms with Crippen LogP contribution in [-0.2, 0) is 6.54 Å². The lowest BCUT2D eigenvalue weighted by Gasteiger charge is -2.09. The number of unbranched alkanes of at least 4 members (excludes halogenated alkanes) is 2. The highest BCUT2D eigenvalue weighted by atomic mass is 79.9. The fourth-order valence-corrected chi connectivity index (χ4v) is 2.97. The highest BCUT2D eigenvalue weighted by molar-refractivity contribution is 9.09. The average molecular weight is 381 g/mol. The Bertz CT molecular complexity index is 739. The molecule has 4 nitrogen and oxygen atoms in total. The van der Waals surface area contributed by atoms with Gasteiger partial charge in [-0.15, -0.1) is 0 Å². The van der Waals surface area contributed by atoms with Crippen LogP contribution in [0.4, 0.5) is 0 Å². The number of nitrogens with zero attached hydrogens (tertiary/aromatic N) is 1. The molecule has 7 heteroatoms. The largest absolute Gasteiger partial charge is 0.422 e. The standard InChI is InChI=1S/C13H12BrCl2NO3/c14-4-2-1-3-5-17-10-7-8(15)6-9(16)11(10)12(18)20-13(17)19/h6-7H,1-5H2. The van der Waals surface area contributed by atoms with Crippen LogP contribution < -0.4 is 11.4 Å². The molecule has 0 saturated carbocycles. The second kappa shape index (κ2) is 6.78. The van der Waals surface area contributed by atoms with Gasteiger partial charge in [0.05, 0.1) is 10.5 Å². The average Bonchev–Trinajstić information content (AvgIpc) is 2.36. The van der Waals surface area contributed by atoms with Crippen molar-refractivity contribution in [1.29, 1.82) is 0 Å². The highest BCUT2D eigenvalue weighted by Crippen LogP contribution is 2.24. The van der Waals surface area contributed by atoms with E-state index in [1.807, 2.05) is 0 Å². The number of fused-ring (bicyclic) bond motifs is 1. The summed E-state index contributed by atoms with van der Waals surface area (Å²) >= 11 is 15.3. The van der Waals surface area contributed by atoms with Crippen LogP contribution in [0.3, 0.4) is 0 Å². The number of hydrogen-bond donors (Lipinski definition) is 0. The van der Waals surface area contributed by atoms with Crippen molar-refractivity contribution in [3.05, 3.63) is 43.1 Å². The zero-order valence-electron chi connectivity index (χ0n) is 10.5. The van der Waals surface area contributed by atoms with Gasteiger partial charge in [0.1, 0.15) is 5.39 Å². The van der Waals surface area contributed by atoms with Gasteiger partial charge < -0.3 is 4.42 Å². The zero-order chi connectivity index (χ0) is 14.7. The Balaban J connectivity index is 2.53. The minimum Gasteiger partial charge on any atom is -0.372 e. The number of rotatable bonds is 5. The first-order valence-electron chi connectivity index (χ1n) is 6.13. The minimum atomic E-state index is -0.733. The van der Waals surface area contributed by atoms with Crippen LogP contribution in [0.5, 0.6) is 0 Å². The molecule has 0 amide bonds. The Kier molecular flexibility index (Phi) is 5.29. The molecule has 0 radical (unpaired) electrons. The summed E-state index contributed by atoms with van der Waals surface area (Å²) in [6.07, 6.45) is 2.79. The molecule has 0 fully saturated rings. The molecule has 0 atom stereocenters. The van der Waals surface area contributed by atoms with Crippen LogP contribution in [0.15, 0.2) is 26.1 Å². The number of benzene rings is 1. The SMILES string of the molecule is O=c1oc(=O)n(CCCCCBr)c2cc(Cl)cc(Cl)c12. The summed E-state index contributed by atoms with van der Waals surface area (Å²) < 4.78 is 6.12. The van der Waals surface area contributed by atoms with Gasteiger partial charge in [0.15, 0.2) is 0 Å². The van der Waals surface area contributed by atoms with Crippen LogP contribution in [0.25, 0.3) is 10.9 Å². The normalized spacial score (nSPS) is 11.2. The van der Waals surface area contributed by atoms with Crippen molar-refractivity contribution in [1.82, 2.24) is 4.57 Å². The predicted molar refractivity (Wildman–Crippen MR) is 84.4 cm³/mol. The predicted octanol–water partition coefficient (Wildman–Crippen LogP) is 3.83. The summed E-state index contributed by atoms with van der Waals surface area (Å²) in [5.74, 6) is -0.681. The molecule has 0 aliphatic carbocycles. The molecular formula is C13H12BrCl2NO3. The summed E-state index contributed by atoms with van der Waals surface area (Å²) in [6.45, 7) is 0.461. The molecule has 0 saturated heterocycles. The van der Waals surface area contributed by atoms with Crippen molar-refractivity contribution >= 4 is 50.0 Å². The number of aromatic nitrogens is 1. The van der Waals surface area contributed by atoms with Crippen molar-refractivity contribution in [2.75, 3.05) is 5.33 Å². The van der Waals surface area contributed by atoms with Crippen LogP contribution in [0, 0.1) is 0 Å². The van der Waals surface area contributed by atoms with Crippen molar-refractivity contribution in [2.24, 2.45) is 0 Å². The molecule has 1 heterocycles. The van der Waals surface area contributed by atoms with Gasteiger partial charge in [-0.05, 0) is 25.0 Å². The number of aryl methyl sites for hydroxylation is 1. The third kappa shape index (κ3) is 3.27. The van der Waals surface area contributed by atoms with Crippen molar-refractivity contribution in [2.45, 2.75) is 25.8 Å². The fraction of sp³-hybridized carbons (Fsp3) is 0.385.